The minimum Gasteiger partial charge on any atom is -0.343 e. The molecule has 0 saturated carbocycles. The molecule has 1 aromatic carbocycles. The second-order valence-electron chi connectivity index (χ2n) is 7.19. The third-order valence-corrected chi connectivity index (χ3v) is 5.08. The van der Waals surface area contributed by atoms with Crippen LogP contribution >= 0.6 is 0 Å². The average Bonchev–Trinajstić information content (AvgIpc) is 3.14. The molecule has 1 fully saturated rings. The van der Waals surface area contributed by atoms with Gasteiger partial charge < -0.3 is 14.8 Å². The Morgan fingerprint density at radius 1 is 1.15 bits per heavy atom. The maximum absolute atomic E-state index is 12.5. The van der Waals surface area contributed by atoms with Crippen molar-refractivity contribution in [2.24, 2.45) is 0 Å². The van der Waals surface area contributed by atoms with Gasteiger partial charge in [0.1, 0.15) is 12.2 Å². The van der Waals surface area contributed by atoms with Gasteiger partial charge in [-0.1, -0.05) is 17.2 Å². The van der Waals surface area contributed by atoms with Crippen LogP contribution in [0, 0.1) is 13.8 Å². The molecule has 1 N–H and O–H groups in total. The summed E-state index contributed by atoms with van der Waals surface area (Å²) in [6.07, 6.45) is 3.50. The van der Waals surface area contributed by atoms with E-state index in [0.717, 1.165) is 36.3 Å². The second kappa shape index (κ2) is 8.33. The van der Waals surface area contributed by atoms with E-state index >= 15 is 0 Å². The lowest BCUT2D eigenvalue weighted by molar-refractivity contribution is -0.131. The molecule has 2 heterocycles. The van der Waals surface area contributed by atoms with Crippen molar-refractivity contribution in [3.63, 3.8) is 0 Å². The summed E-state index contributed by atoms with van der Waals surface area (Å²) in [5.41, 5.74) is 2.67. The van der Waals surface area contributed by atoms with Crippen LogP contribution in [-0.4, -0.2) is 51.1 Å². The highest BCUT2D eigenvalue weighted by Crippen LogP contribution is 2.26. The highest BCUT2D eigenvalue weighted by Gasteiger charge is 2.26. The number of nitrogens with zero attached hydrogens (tertiary/aromatic N) is 4. The Kier molecular flexibility index (Phi) is 5.88. The van der Waals surface area contributed by atoms with Crippen LogP contribution in [0.2, 0.25) is 0 Å². The van der Waals surface area contributed by atoms with Crippen LogP contribution in [0.25, 0.3) is 0 Å². The van der Waals surface area contributed by atoms with Crippen LogP contribution in [0.4, 0.5) is 0 Å². The van der Waals surface area contributed by atoms with Crippen LogP contribution < -0.4 is 5.32 Å². The van der Waals surface area contributed by atoms with Crippen LogP contribution in [0.3, 0.4) is 0 Å². The average molecular weight is 369 g/mol. The molecule has 0 unspecified atom stereocenters. The Labute approximate surface area is 159 Å². The molecule has 1 aliphatic heterocycles. The lowest BCUT2D eigenvalue weighted by Crippen LogP contribution is -2.44. The summed E-state index contributed by atoms with van der Waals surface area (Å²) in [6, 6.07) is 5.69. The number of likely N-dealkylation sites (tertiary alicyclic amines) is 1. The zero-order valence-corrected chi connectivity index (χ0v) is 16.2. The molecular formula is C20H27N5O2. The van der Waals surface area contributed by atoms with Gasteiger partial charge in [0, 0.05) is 31.1 Å². The predicted octanol–water partition coefficient (Wildman–Crippen LogP) is 2.05. The largest absolute Gasteiger partial charge is 0.343 e. The third kappa shape index (κ3) is 4.53. The van der Waals surface area contributed by atoms with E-state index in [9.17, 15) is 9.59 Å². The first-order valence-electron chi connectivity index (χ1n) is 9.50. The molecule has 1 saturated heterocycles. The Morgan fingerprint density at radius 3 is 2.44 bits per heavy atom. The van der Waals surface area contributed by atoms with Gasteiger partial charge in [-0.3, -0.25) is 9.59 Å². The van der Waals surface area contributed by atoms with Crippen molar-refractivity contribution in [2.75, 3.05) is 19.6 Å². The van der Waals surface area contributed by atoms with Crippen LogP contribution in [0.15, 0.2) is 24.5 Å². The predicted molar refractivity (Wildman–Crippen MR) is 103 cm³/mol. The van der Waals surface area contributed by atoms with Gasteiger partial charge in [0.15, 0.2) is 0 Å². The molecule has 0 atom stereocenters. The fourth-order valence-corrected chi connectivity index (χ4v) is 3.69. The van der Waals surface area contributed by atoms with Crippen molar-refractivity contribution in [1.82, 2.24) is 25.0 Å². The summed E-state index contributed by atoms with van der Waals surface area (Å²) in [7, 11) is 0. The molecule has 1 aromatic heterocycles. The molecule has 7 heteroatoms. The lowest BCUT2D eigenvalue weighted by atomic mass is 9.96. The maximum Gasteiger partial charge on any atom is 0.251 e. The summed E-state index contributed by atoms with van der Waals surface area (Å²) in [5.74, 6) is 1.10. The molecule has 2 amide bonds. The molecule has 7 nitrogen and oxygen atoms in total. The van der Waals surface area contributed by atoms with Gasteiger partial charge >= 0.3 is 0 Å². The summed E-state index contributed by atoms with van der Waals surface area (Å²) in [5, 5.41) is 11.0. The lowest BCUT2D eigenvalue weighted by Gasteiger charge is -2.31. The third-order valence-electron chi connectivity index (χ3n) is 5.08. The number of piperidine rings is 1. The van der Waals surface area contributed by atoms with E-state index in [-0.39, 0.29) is 18.4 Å². The SMILES string of the molecule is CCn1cnnc1C1CCN(C(=O)CNC(=O)c2cc(C)cc(C)c2)CC1. The zero-order valence-electron chi connectivity index (χ0n) is 16.2. The first-order valence-corrected chi connectivity index (χ1v) is 9.50. The van der Waals surface area contributed by atoms with E-state index < -0.39 is 0 Å². The van der Waals surface area contributed by atoms with Gasteiger partial charge in [0.2, 0.25) is 5.91 Å². The molecule has 0 aliphatic carbocycles. The standard InChI is InChI=1S/C20H27N5O2/c1-4-24-13-22-23-19(24)16-5-7-25(8-6-16)18(26)12-21-20(27)17-10-14(2)9-15(3)11-17/h9-11,13,16H,4-8,12H2,1-3H3,(H,21,27). The van der Waals surface area contributed by atoms with Gasteiger partial charge in [-0.2, -0.15) is 0 Å². The molecule has 0 radical (unpaired) electrons. The second-order valence-corrected chi connectivity index (χ2v) is 7.19. The van der Waals surface area contributed by atoms with Gasteiger partial charge in [0.25, 0.3) is 5.91 Å². The molecule has 0 spiro atoms. The van der Waals surface area contributed by atoms with E-state index in [1.807, 2.05) is 36.9 Å². The molecule has 27 heavy (non-hydrogen) atoms. The fourth-order valence-electron chi connectivity index (χ4n) is 3.69. The van der Waals surface area contributed by atoms with Crippen molar-refractivity contribution < 1.29 is 9.59 Å². The molecule has 2 aromatic rings. The van der Waals surface area contributed by atoms with Crippen molar-refractivity contribution in [3.8, 4) is 0 Å². The molecular weight excluding hydrogens is 342 g/mol. The van der Waals surface area contributed by atoms with Crippen molar-refractivity contribution in [2.45, 2.75) is 46.1 Å². The summed E-state index contributed by atoms with van der Waals surface area (Å²) in [4.78, 5) is 26.6. The van der Waals surface area contributed by atoms with Crippen molar-refractivity contribution in [1.29, 1.82) is 0 Å². The fraction of sp³-hybridized carbons (Fsp3) is 0.500. The van der Waals surface area contributed by atoms with Gasteiger partial charge in [-0.25, -0.2) is 0 Å². The van der Waals surface area contributed by atoms with E-state index in [1.54, 1.807) is 6.33 Å². The van der Waals surface area contributed by atoms with E-state index in [4.69, 9.17) is 0 Å². The first-order chi connectivity index (χ1) is 13.0. The Balaban J connectivity index is 1.50. The number of aromatic nitrogens is 3. The molecule has 0 bridgehead atoms. The number of hydrogen-bond donors (Lipinski definition) is 1. The zero-order chi connectivity index (χ0) is 19.4. The first kappa shape index (κ1) is 19.1. The van der Waals surface area contributed by atoms with E-state index in [2.05, 4.69) is 27.0 Å². The number of carbonyl (C=O) groups is 2. The highest BCUT2D eigenvalue weighted by atomic mass is 16.2. The van der Waals surface area contributed by atoms with E-state index in [1.165, 1.54) is 0 Å². The van der Waals surface area contributed by atoms with E-state index in [0.29, 0.717) is 24.6 Å². The smallest absolute Gasteiger partial charge is 0.251 e. The Hall–Kier alpha value is -2.70. The van der Waals surface area contributed by atoms with Crippen LogP contribution in [0.5, 0.6) is 0 Å². The summed E-state index contributed by atoms with van der Waals surface area (Å²) >= 11 is 0. The number of rotatable bonds is 5. The van der Waals surface area contributed by atoms with Crippen LogP contribution in [0.1, 0.15) is 53.0 Å². The number of carbonyl (C=O) groups excluding carboxylic acids is 2. The van der Waals surface area contributed by atoms with Crippen molar-refractivity contribution >= 4 is 11.8 Å². The quantitative estimate of drug-likeness (QED) is 0.875. The summed E-state index contributed by atoms with van der Waals surface area (Å²) < 4.78 is 2.06. The normalized spacial score (nSPS) is 15.0. The molecule has 1 aliphatic rings. The molecule has 144 valence electrons. The summed E-state index contributed by atoms with van der Waals surface area (Å²) in [6.45, 7) is 8.23. The number of amides is 2. The number of hydrogen-bond acceptors (Lipinski definition) is 4. The number of aryl methyl sites for hydroxylation is 3. The van der Waals surface area contributed by atoms with Gasteiger partial charge in [0.05, 0.1) is 6.54 Å². The maximum atomic E-state index is 12.5. The number of benzene rings is 1. The highest BCUT2D eigenvalue weighted by molar-refractivity contribution is 5.96. The topological polar surface area (TPSA) is 80.1 Å². The Morgan fingerprint density at radius 2 is 1.81 bits per heavy atom. The van der Waals surface area contributed by atoms with Gasteiger partial charge in [-0.15, -0.1) is 10.2 Å². The van der Waals surface area contributed by atoms with Crippen LogP contribution in [-0.2, 0) is 11.3 Å². The van der Waals surface area contributed by atoms with Gasteiger partial charge in [-0.05, 0) is 45.7 Å². The minimum atomic E-state index is -0.207. The minimum absolute atomic E-state index is 0.0294. The Bertz CT molecular complexity index is 801. The van der Waals surface area contributed by atoms with Crippen molar-refractivity contribution in [3.05, 3.63) is 47.0 Å². The number of nitrogens with one attached hydrogen (secondary N) is 1. The molecule has 3 rings (SSSR count). The monoisotopic (exact) mass is 369 g/mol.